The number of likely N-dealkylation sites (tertiary alicyclic amines) is 1. The zero-order chi connectivity index (χ0) is 18.5. The molecule has 1 spiro atoms. The number of alkyl halides is 2. The third-order valence-electron chi connectivity index (χ3n) is 5.01. The third kappa shape index (κ3) is 3.17. The van der Waals surface area contributed by atoms with Gasteiger partial charge in [0.1, 0.15) is 0 Å². The van der Waals surface area contributed by atoms with Crippen molar-refractivity contribution in [2.24, 2.45) is 16.6 Å². The van der Waals surface area contributed by atoms with Crippen molar-refractivity contribution in [3.63, 3.8) is 0 Å². The lowest BCUT2D eigenvalue weighted by molar-refractivity contribution is -0.169. The molecule has 3 rings (SSSR count). The number of benzene rings is 1. The van der Waals surface area contributed by atoms with E-state index in [-0.39, 0.29) is 24.6 Å². The van der Waals surface area contributed by atoms with Gasteiger partial charge in [0.2, 0.25) is 0 Å². The first kappa shape index (κ1) is 17.6. The van der Waals surface area contributed by atoms with E-state index < -0.39 is 29.1 Å². The van der Waals surface area contributed by atoms with Crippen LogP contribution in [0.2, 0.25) is 0 Å². The largest absolute Gasteiger partial charge is 0.396 e. The van der Waals surface area contributed by atoms with Crippen LogP contribution >= 0.6 is 0 Å². The van der Waals surface area contributed by atoms with Crippen molar-refractivity contribution in [2.45, 2.75) is 32.6 Å². The number of hydrogen-bond donors (Lipinski definition) is 1. The summed E-state index contributed by atoms with van der Waals surface area (Å²) < 4.78 is 28.7. The van der Waals surface area contributed by atoms with E-state index in [1.54, 1.807) is 50.3 Å². The molecule has 2 aliphatic rings. The van der Waals surface area contributed by atoms with E-state index in [1.807, 2.05) is 0 Å². The second-order valence-electron chi connectivity index (χ2n) is 7.88. The molecule has 0 atom stereocenters. The molecule has 0 radical (unpaired) electrons. The number of hydrogen-bond acceptors (Lipinski definition) is 3. The predicted molar refractivity (Wildman–Crippen MR) is 89.8 cm³/mol. The number of carbonyl (C=O) groups is 2. The van der Waals surface area contributed by atoms with Crippen LogP contribution < -0.4 is 5.73 Å². The van der Waals surface area contributed by atoms with Gasteiger partial charge in [-0.25, -0.2) is 0 Å². The van der Waals surface area contributed by atoms with Crippen molar-refractivity contribution in [1.29, 1.82) is 0 Å². The van der Waals surface area contributed by atoms with Crippen LogP contribution in [-0.4, -0.2) is 35.6 Å². The van der Waals surface area contributed by atoms with E-state index in [4.69, 9.17) is 5.73 Å². The Morgan fingerprint density at radius 3 is 2.40 bits per heavy atom. The Morgan fingerprint density at radius 2 is 1.84 bits per heavy atom. The number of Topliss-reactive ketones (excluding diaryl/α,β-unsaturated/α-hetero) is 1. The molecule has 1 heterocycles. The first-order valence-electron chi connectivity index (χ1n) is 8.29. The molecule has 0 bridgehead atoms. The molecule has 1 amide bonds. The van der Waals surface area contributed by atoms with Crippen molar-refractivity contribution in [2.75, 3.05) is 13.1 Å². The molecular formula is C19H22F2N2O2. The highest BCUT2D eigenvalue weighted by atomic mass is 19.3. The molecule has 0 saturated carbocycles. The van der Waals surface area contributed by atoms with Gasteiger partial charge in [-0.3, -0.25) is 9.59 Å². The molecule has 6 heteroatoms. The van der Waals surface area contributed by atoms with Crippen molar-refractivity contribution in [1.82, 2.24) is 4.90 Å². The first-order valence-corrected chi connectivity index (χ1v) is 8.29. The maximum absolute atomic E-state index is 14.3. The summed E-state index contributed by atoms with van der Waals surface area (Å²) in [6, 6.07) is 8.24. The molecule has 25 heavy (non-hydrogen) atoms. The fourth-order valence-corrected chi connectivity index (χ4v) is 4.02. The van der Waals surface area contributed by atoms with Crippen molar-refractivity contribution in [3.05, 3.63) is 47.7 Å². The second-order valence-corrected chi connectivity index (χ2v) is 7.88. The number of rotatable bonds is 3. The third-order valence-corrected chi connectivity index (χ3v) is 5.01. The maximum atomic E-state index is 14.3. The summed E-state index contributed by atoms with van der Waals surface area (Å²) >= 11 is 0. The highest BCUT2D eigenvalue weighted by Gasteiger charge is 2.55. The minimum absolute atomic E-state index is 0.127. The fourth-order valence-electron chi connectivity index (χ4n) is 4.02. The van der Waals surface area contributed by atoms with Gasteiger partial charge in [0.15, 0.2) is 5.78 Å². The van der Waals surface area contributed by atoms with Crippen molar-refractivity contribution in [3.8, 4) is 0 Å². The molecule has 1 fully saturated rings. The van der Waals surface area contributed by atoms with Gasteiger partial charge in [-0.15, -0.1) is 0 Å². The lowest BCUT2D eigenvalue weighted by atomic mass is 9.62. The standard InChI is InChI=1S/C19H22F2N2O2/c1-17(2)10-18(9-14(22)15(17)24)11-23(12-18)16(25)19(20,21)8-13-6-4-3-5-7-13/h3-7,9H,8,10-12,22H2,1-2H3. The molecule has 134 valence electrons. The Hall–Kier alpha value is -2.24. The van der Waals surface area contributed by atoms with Crippen LogP contribution in [-0.2, 0) is 16.0 Å². The van der Waals surface area contributed by atoms with Crippen molar-refractivity contribution >= 4 is 11.7 Å². The van der Waals surface area contributed by atoms with E-state index in [0.29, 0.717) is 12.0 Å². The average Bonchev–Trinajstić information content (AvgIpc) is 2.49. The van der Waals surface area contributed by atoms with Gasteiger partial charge < -0.3 is 10.6 Å². The summed E-state index contributed by atoms with van der Waals surface area (Å²) in [7, 11) is 0. The SMILES string of the molecule is CC1(C)CC2(C=C(N)C1=O)CN(C(=O)C(F)(F)Cc1ccccc1)C2. The van der Waals surface area contributed by atoms with Crippen LogP contribution in [0.15, 0.2) is 42.1 Å². The number of amides is 1. The highest BCUT2D eigenvalue weighted by molar-refractivity contribution is 6.00. The number of allylic oxidation sites excluding steroid dienone is 1. The molecule has 1 aromatic carbocycles. The number of carbonyl (C=O) groups excluding carboxylic acids is 2. The molecular weight excluding hydrogens is 326 g/mol. The summed E-state index contributed by atoms with van der Waals surface area (Å²) in [4.78, 5) is 25.5. The van der Waals surface area contributed by atoms with Crippen LogP contribution in [0, 0.1) is 10.8 Å². The van der Waals surface area contributed by atoms with Gasteiger partial charge in [0.25, 0.3) is 5.91 Å². The molecule has 0 aromatic heterocycles. The van der Waals surface area contributed by atoms with E-state index in [1.165, 1.54) is 4.90 Å². The normalized spacial score (nSPS) is 21.7. The molecule has 1 aliphatic carbocycles. The van der Waals surface area contributed by atoms with Gasteiger partial charge in [-0.1, -0.05) is 44.2 Å². The minimum Gasteiger partial charge on any atom is -0.396 e. The van der Waals surface area contributed by atoms with E-state index in [9.17, 15) is 18.4 Å². The Bertz CT molecular complexity index is 735. The predicted octanol–water partition coefficient (Wildman–Crippen LogP) is 2.53. The van der Waals surface area contributed by atoms with Crippen LogP contribution in [0.25, 0.3) is 0 Å². The Morgan fingerprint density at radius 1 is 1.24 bits per heavy atom. The van der Waals surface area contributed by atoms with E-state index in [0.717, 1.165) is 0 Å². The smallest absolute Gasteiger partial charge is 0.328 e. The lowest BCUT2D eigenvalue weighted by Crippen LogP contribution is -2.64. The molecule has 1 aromatic rings. The van der Waals surface area contributed by atoms with Gasteiger partial charge in [-0.05, 0) is 18.1 Å². The van der Waals surface area contributed by atoms with Gasteiger partial charge >= 0.3 is 5.92 Å². The second kappa shape index (κ2) is 5.64. The number of nitrogens with zero attached hydrogens (tertiary/aromatic N) is 1. The van der Waals surface area contributed by atoms with Crippen LogP contribution in [0.5, 0.6) is 0 Å². The average molecular weight is 348 g/mol. The molecule has 1 aliphatic heterocycles. The molecule has 4 nitrogen and oxygen atoms in total. The summed E-state index contributed by atoms with van der Waals surface area (Å²) in [5.41, 5.74) is 5.28. The van der Waals surface area contributed by atoms with Gasteiger partial charge in [-0.2, -0.15) is 8.78 Å². The Kier molecular flexibility index (Phi) is 3.97. The highest BCUT2D eigenvalue weighted by Crippen LogP contribution is 2.48. The quantitative estimate of drug-likeness (QED) is 0.913. The van der Waals surface area contributed by atoms with Crippen LogP contribution in [0.1, 0.15) is 25.8 Å². The van der Waals surface area contributed by atoms with E-state index in [2.05, 4.69) is 0 Å². The number of ketones is 1. The lowest BCUT2D eigenvalue weighted by Gasteiger charge is -2.53. The molecule has 0 unspecified atom stereocenters. The van der Waals surface area contributed by atoms with Gasteiger partial charge in [0, 0.05) is 30.3 Å². The summed E-state index contributed by atoms with van der Waals surface area (Å²) in [6.07, 6.45) is 1.55. The summed E-state index contributed by atoms with van der Waals surface area (Å²) in [6.45, 7) is 3.94. The topological polar surface area (TPSA) is 63.4 Å². The monoisotopic (exact) mass is 348 g/mol. The summed E-state index contributed by atoms with van der Waals surface area (Å²) in [5.74, 6) is -4.74. The number of nitrogens with two attached hydrogens (primary N) is 1. The van der Waals surface area contributed by atoms with Gasteiger partial charge in [0.05, 0.1) is 5.70 Å². The zero-order valence-corrected chi connectivity index (χ0v) is 14.4. The fraction of sp³-hybridized carbons (Fsp3) is 0.474. The summed E-state index contributed by atoms with van der Waals surface area (Å²) in [5, 5.41) is 0. The first-order chi connectivity index (χ1) is 11.5. The Labute approximate surface area is 145 Å². The number of halogens is 2. The van der Waals surface area contributed by atoms with E-state index >= 15 is 0 Å². The Balaban J connectivity index is 1.70. The molecule has 2 N–H and O–H groups in total. The van der Waals surface area contributed by atoms with Crippen LogP contribution in [0.3, 0.4) is 0 Å². The zero-order valence-electron chi connectivity index (χ0n) is 14.4. The minimum atomic E-state index is -3.45. The van der Waals surface area contributed by atoms with Crippen molar-refractivity contribution < 1.29 is 18.4 Å². The molecule has 1 saturated heterocycles. The maximum Gasteiger partial charge on any atom is 0.328 e. The van der Waals surface area contributed by atoms with Crippen LogP contribution in [0.4, 0.5) is 8.78 Å².